The fourth-order valence-electron chi connectivity index (χ4n) is 1.46. The van der Waals surface area contributed by atoms with E-state index >= 15 is 0 Å². The number of primary amides is 1. The van der Waals surface area contributed by atoms with E-state index in [-0.39, 0.29) is 11.3 Å². The van der Waals surface area contributed by atoms with E-state index in [1.807, 2.05) is 0 Å². The third-order valence-corrected chi connectivity index (χ3v) is 3.18. The van der Waals surface area contributed by atoms with Crippen molar-refractivity contribution in [3.8, 4) is 11.5 Å². The summed E-state index contributed by atoms with van der Waals surface area (Å²) in [6.45, 7) is 0. The summed E-state index contributed by atoms with van der Waals surface area (Å²) in [6, 6.07) is 8.41. The summed E-state index contributed by atoms with van der Waals surface area (Å²) < 4.78 is 18.9. The number of hydrogen-bond acceptors (Lipinski definition) is 2. The van der Waals surface area contributed by atoms with Gasteiger partial charge in [0.2, 0.25) is 0 Å². The molecule has 0 aromatic heterocycles. The molecular formula is C13H8BrClFNO2. The second kappa shape index (κ2) is 5.59. The van der Waals surface area contributed by atoms with Gasteiger partial charge in [0, 0.05) is 11.1 Å². The van der Waals surface area contributed by atoms with Crippen LogP contribution in [0.2, 0.25) is 5.02 Å². The molecule has 0 radical (unpaired) electrons. The first-order valence-corrected chi connectivity index (χ1v) is 6.37. The van der Waals surface area contributed by atoms with Gasteiger partial charge in [-0.1, -0.05) is 11.6 Å². The lowest BCUT2D eigenvalue weighted by molar-refractivity contribution is 0.0998. The van der Waals surface area contributed by atoms with Crippen LogP contribution in [-0.2, 0) is 0 Å². The fraction of sp³-hybridized carbons (Fsp3) is 0. The molecule has 2 aromatic rings. The van der Waals surface area contributed by atoms with Gasteiger partial charge in [0.25, 0.3) is 5.91 Å². The molecule has 2 rings (SSSR count). The molecule has 0 fully saturated rings. The van der Waals surface area contributed by atoms with Crippen molar-refractivity contribution >= 4 is 33.4 Å². The number of ether oxygens (including phenoxy) is 1. The molecule has 0 saturated carbocycles. The van der Waals surface area contributed by atoms with Crippen LogP contribution in [0.1, 0.15) is 10.4 Å². The molecule has 2 aromatic carbocycles. The van der Waals surface area contributed by atoms with Gasteiger partial charge in [0.15, 0.2) is 0 Å². The minimum atomic E-state index is -0.634. The third-order valence-electron chi connectivity index (χ3n) is 2.32. The maximum atomic E-state index is 13.0. The summed E-state index contributed by atoms with van der Waals surface area (Å²) in [6.07, 6.45) is 0. The maximum absolute atomic E-state index is 13.0. The van der Waals surface area contributed by atoms with Crippen molar-refractivity contribution in [3.05, 3.63) is 57.3 Å². The Bertz CT molecular complexity index is 649. The number of halogens is 3. The van der Waals surface area contributed by atoms with E-state index in [1.54, 1.807) is 0 Å². The molecule has 2 N–H and O–H groups in total. The topological polar surface area (TPSA) is 52.3 Å². The summed E-state index contributed by atoms with van der Waals surface area (Å²) in [5.74, 6) is -0.469. The van der Waals surface area contributed by atoms with E-state index in [2.05, 4.69) is 15.9 Å². The summed E-state index contributed by atoms with van der Waals surface area (Å²) in [5.41, 5.74) is 5.44. The quantitative estimate of drug-likeness (QED) is 0.910. The van der Waals surface area contributed by atoms with Crippen LogP contribution in [-0.4, -0.2) is 5.91 Å². The highest BCUT2D eigenvalue weighted by atomic mass is 79.9. The van der Waals surface area contributed by atoms with Gasteiger partial charge in [0.1, 0.15) is 17.3 Å². The molecule has 3 nitrogen and oxygen atoms in total. The van der Waals surface area contributed by atoms with Crippen LogP contribution < -0.4 is 10.5 Å². The Morgan fingerprint density at radius 2 is 1.95 bits per heavy atom. The lowest BCUT2D eigenvalue weighted by Gasteiger charge is -2.11. The summed E-state index contributed by atoms with van der Waals surface area (Å²) in [5, 5.41) is 0.401. The lowest BCUT2D eigenvalue weighted by atomic mass is 10.2. The molecule has 0 spiro atoms. The largest absolute Gasteiger partial charge is 0.455 e. The zero-order valence-corrected chi connectivity index (χ0v) is 11.8. The summed E-state index contributed by atoms with van der Waals surface area (Å²) in [4.78, 5) is 11.3. The van der Waals surface area contributed by atoms with Crippen LogP contribution in [0.15, 0.2) is 40.9 Å². The number of carbonyl (C=O) groups is 1. The molecule has 0 atom stereocenters. The molecule has 0 bridgehead atoms. The lowest BCUT2D eigenvalue weighted by Crippen LogP contribution is -2.12. The van der Waals surface area contributed by atoms with Crippen LogP contribution in [0.5, 0.6) is 11.5 Å². The van der Waals surface area contributed by atoms with Crippen LogP contribution >= 0.6 is 27.5 Å². The van der Waals surface area contributed by atoms with Gasteiger partial charge in [0.05, 0.1) is 10.0 Å². The molecule has 19 heavy (non-hydrogen) atoms. The SMILES string of the molecule is NC(=O)c1ccc(Cl)cc1Oc1ccc(F)cc1Br. The molecule has 6 heteroatoms. The number of carbonyl (C=O) groups excluding carboxylic acids is 1. The predicted molar refractivity (Wildman–Crippen MR) is 74.1 cm³/mol. The van der Waals surface area contributed by atoms with E-state index in [1.165, 1.54) is 36.4 Å². The van der Waals surface area contributed by atoms with Gasteiger partial charge in [-0.15, -0.1) is 0 Å². The predicted octanol–water partition coefficient (Wildman–Crippen LogP) is 4.13. The van der Waals surface area contributed by atoms with Crippen LogP contribution in [0.25, 0.3) is 0 Å². The minimum Gasteiger partial charge on any atom is -0.455 e. The van der Waals surface area contributed by atoms with Crippen LogP contribution in [0.4, 0.5) is 4.39 Å². The Morgan fingerprint density at radius 1 is 1.21 bits per heavy atom. The van der Waals surface area contributed by atoms with Gasteiger partial charge >= 0.3 is 0 Å². The van der Waals surface area contributed by atoms with Gasteiger partial charge in [-0.3, -0.25) is 4.79 Å². The first-order chi connectivity index (χ1) is 8.97. The monoisotopic (exact) mass is 343 g/mol. The highest BCUT2D eigenvalue weighted by Crippen LogP contribution is 2.33. The second-order valence-corrected chi connectivity index (χ2v) is 4.97. The van der Waals surface area contributed by atoms with Gasteiger partial charge in [-0.05, 0) is 46.3 Å². The van der Waals surface area contributed by atoms with E-state index in [9.17, 15) is 9.18 Å². The van der Waals surface area contributed by atoms with Crippen molar-refractivity contribution in [3.63, 3.8) is 0 Å². The minimum absolute atomic E-state index is 0.195. The molecule has 98 valence electrons. The van der Waals surface area contributed by atoms with Crippen molar-refractivity contribution in [1.82, 2.24) is 0 Å². The van der Waals surface area contributed by atoms with Gasteiger partial charge in [-0.25, -0.2) is 4.39 Å². The Labute approximate surface area is 122 Å². The van der Waals surface area contributed by atoms with Crippen LogP contribution in [0.3, 0.4) is 0 Å². The van der Waals surface area contributed by atoms with Crippen molar-refractivity contribution < 1.29 is 13.9 Å². The molecule has 1 amide bonds. The van der Waals surface area contributed by atoms with E-state index in [0.717, 1.165) is 0 Å². The molecular weight excluding hydrogens is 337 g/mol. The smallest absolute Gasteiger partial charge is 0.252 e. The Hall–Kier alpha value is -1.59. The van der Waals surface area contributed by atoms with E-state index in [0.29, 0.717) is 15.2 Å². The third kappa shape index (κ3) is 3.24. The van der Waals surface area contributed by atoms with Crippen molar-refractivity contribution in [2.24, 2.45) is 5.73 Å². The Balaban J connectivity index is 2.42. The Morgan fingerprint density at radius 3 is 2.58 bits per heavy atom. The second-order valence-electron chi connectivity index (χ2n) is 3.68. The zero-order chi connectivity index (χ0) is 14.0. The van der Waals surface area contributed by atoms with Gasteiger partial charge < -0.3 is 10.5 Å². The van der Waals surface area contributed by atoms with Crippen molar-refractivity contribution in [1.29, 1.82) is 0 Å². The molecule has 0 aliphatic carbocycles. The number of hydrogen-bond donors (Lipinski definition) is 1. The molecule has 0 unspecified atom stereocenters. The standard InChI is InChI=1S/C13H8BrClFNO2/c14-10-6-8(16)2-4-11(10)19-12-5-7(15)1-3-9(12)13(17)18/h1-6H,(H2,17,18). The number of nitrogens with two attached hydrogens (primary N) is 1. The highest BCUT2D eigenvalue weighted by Gasteiger charge is 2.12. The zero-order valence-electron chi connectivity index (χ0n) is 9.49. The van der Waals surface area contributed by atoms with Crippen molar-refractivity contribution in [2.75, 3.05) is 0 Å². The van der Waals surface area contributed by atoms with Crippen molar-refractivity contribution in [2.45, 2.75) is 0 Å². The number of rotatable bonds is 3. The fourth-order valence-corrected chi connectivity index (χ4v) is 2.05. The Kier molecular flexibility index (Phi) is 4.07. The van der Waals surface area contributed by atoms with E-state index < -0.39 is 11.7 Å². The molecule has 0 saturated heterocycles. The summed E-state index contributed by atoms with van der Waals surface area (Å²) in [7, 11) is 0. The summed E-state index contributed by atoms with van der Waals surface area (Å²) >= 11 is 9.02. The molecule has 0 heterocycles. The first-order valence-electron chi connectivity index (χ1n) is 5.19. The van der Waals surface area contributed by atoms with E-state index in [4.69, 9.17) is 22.1 Å². The number of benzene rings is 2. The number of amides is 1. The molecule has 0 aliphatic heterocycles. The average Bonchev–Trinajstić information content (AvgIpc) is 2.32. The van der Waals surface area contributed by atoms with Crippen LogP contribution in [0, 0.1) is 5.82 Å². The molecule has 0 aliphatic rings. The normalized spacial score (nSPS) is 10.3. The first kappa shape index (κ1) is 13.8. The van der Waals surface area contributed by atoms with Gasteiger partial charge in [-0.2, -0.15) is 0 Å². The highest BCUT2D eigenvalue weighted by molar-refractivity contribution is 9.10. The average molecular weight is 345 g/mol. The maximum Gasteiger partial charge on any atom is 0.252 e.